The lowest BCUT2D eigenvalue weighted by molar-refractivity contribution is 0.0843. The molecule has 0 radical (unpaired) electrons. The molecule has 12 heavy (non-hydrogen) atoms. The smallest absolute Gasteiger partial charge is 0.223 e. The molecule has 0 amide bonds. The minimum Gasteiger partial charge on any atom is -0.377 e. The van der Waals surface area contributed by atoms with Crippen molar-refractivity contribution in [2.45, 2.75) is 0 Å². The van der Waals surface area contributed by atoms with E-state index in [1.807, 2.05) is 0 Å². The zero-order chi connectivity index (χ0) is 8.97. The monoisotopic (exact) mass is 169 g/mol. The van der Waals surface area contributed by atoms with Crippen molar-refractivity contribution in [2.75, 3.05) is 13.7 Å². The average Bonchev–Trinajstić information content (AvgIpc) is 2.05. The number of rotatable bonds is 3. The van der Waals surface area contributed by atoms with Gasteiger partial charge < -0.3 is 4.74 Å². The lowest BCUT2D eigenvalue weighted by atomic mass is 10.2. The summed E-state index contributed by atoms with van der Waals surface area (Å²) < 4.78 is 17.3. The van der Waals surface area contributed by atoms with Crippen LogP contribution in [0, 0.1) is 5.95 Å². The molecule has 0 bridgehead atoms. The Morgan fingerprint density at radius 1 is 1.75 bits per heavy atom. The molecule has 0 atom stereocenters. The van der Waals surface area contributed by atoms with Gasteiger partial charge in [0.15, 0.2) is 5.78 Å². The molecule has 0 saturated carbocycles. The Labute approximate surface area is 69.2 Å². The van der Waals surface area contributed by atoms with E-state index in [4.69, 9.17) is 0 Å². The maximum absolute atomic E-state index is 12.8. The van der Waals surface area contributed by atoms with Gasteiger partial charge in [0.25, 0.3) is 0 Å². The van der Waals surface area contributed by atoms with Crippen LogP contribution in [0.15, 0.2) is 18.3 Å². The number of methoxy groups -OCH3 is 1. The normalized spacial score (nSPS) is 9.83. The molecule has 3 nitrogen and oxygen atoms in total. The first-order chi connectivity index (χ1) is 5.75. The van der Waals surface area contributed by atoms with Crippen molar-refractivity contribution in [2.24, 2.45) is 0 Å². The molecule has 0 aliphatic heterocycles. The predicted molar refractivity (Wildman–Crippen MR) is 40.4 cm³/mol. The first-order valence-electron chi connectivity index (χ1n) is 3.38. The molecule has 1 aromatic heterocycles. The van der Waals surface area contributed by atoms with E-state index in [1.165, 1.54) is 25.4 Å². The van der Waals surface area contributed by atoms with Crippen molar-refractivity contribution in [1.29, 1.82) is 0 Å². The number of Topliss-reactive ketones (excluding diaryl/α,β-unsaturated/α-hetero) is 1. The second kappa shape index (κ2) is 3.92. The van der Waals surface area contributed by atoms with Gasteiger partial charge in [-0.1, -0.05) is 0 Å². The molecule has 1 aromatic rings. The van der Waals surface area contributed by atoms with Crippen molar-refractivity contribution in [3.8, 4) is 0 Å². The molecule has 0 N–H and O–H groups in total. The van der Waals surface area contributed by atoms with Gasteiger partial charge in [0.2, 0.25) is 5.95 Å². The Hall–Kier alpha value is -1.29. The zero-order valence-electron chi connectivity index (χ0n) is 6.58. The largest absolute Gasteiger partial charge is 0.377 e. The summed E-state index contributed by atoms with van der Waals surface area (Å²) in [4.78, 5) is 14.4. The van der Waals surface area contributed by atoms with Crippen LogP contribution in [-0.2, 0) is 4.74 Å². The molecule has 1 rings (SSSR count). The third-order valence-electron chi connectivity index (χ3n) is 1.33. The van der Waals surface area contributed by atoms with Crippen LogP contribution in [0.2, 0.25) is 0 Å². The molecule has 0 saturated heterocycles. The molecule has 1 heterocycles. The Morgan fingerprint density at radius 2 is 2.50 bits per heavy atom. The minimum absolute atomic E-state index is 0.0284. The van der Waals surface area contributed by atoms with E-state index in [9.17, 15) is 9.18 Å². The van der Waals surface area contributed by atoms with Crippen LogP contribution in [0.3, 0.4) is 0 Å². The number of aromatic nitrogens is 1. The van der Waals surface area contributed by atoms with Crippen LogP contribution in [0.4, 0.5) is 4.39 Å². The first-order valence-corrected chi connectivity index (χ1v) is 3.38. The van der Waals surface area contributed by atoms with Gasteiger partial charge in [-0.25, -0.2) is 4.98 Å². The quantitative estimate of drug-likeness (QED) is 0.501. The van der Waals surface area contributed by atoms with Gasteiger partial charge in [-0.2, -0.15) is 4.39 Å². The van der Waals surface area contributed by atoms with Gasteiger partial charge in [-0.15, -0.1) is 0 Å². The third-order valence-corrected chi connectivity index (χ3v) is 1.33. The third kappa shape index (κ3) is 1.85. The highest BCUT2D eigenvalue weighted by Crippen LogP contribution is 2.03. The fraction of sp³-hybridized carbons (Fsp3) is 0.250. The number of carbonyl (C=O) groups excluding carboxylic acids is 1. The van der Waals surface area contributed by atoms with Gasteiger partial charge in [-0.3, -0.25) is 4.79 Å². The van der Waals surface area contributed by atoms with Crippen LogP contribution in [0.1, 0.15) is 10.4 Å². The lowest BCUT2D eigenvalue weighted by Crippen LogP contribution is -2.09. The summed E-state index contributed by atoms with van der Waals surface area (Å²) in [5, 5.41) is 0. The van der Waals surface area contributed by atoms with Crippen LogP contribution < -0.4 is 0 Å². The number of hydrogen-bond donors (Lipinski definition) is 0. The Bertz CT molecular complexity index is 288. The molecular weight excluding hydrogens is 161 g/mol. The first kappa shape index (κ1) is 8.80. The highest BCUT2D eigenvalue weighted by Gasteiger charge is 2.10. The summed E-state index contributed by atoms with van der Waals surface area (Å²) in [5.74, 6) is -1.15. The molecular formula is C8H8FNO2. The molecule has 0 aromatic carbocycles. The summed E-state index contributed by atoms with van der Waals surface area (Å²) >= 11 is 0. The van der Waals surface area contributed by atoms with Gasteiger partial charge in [0, 0.05) is 13.3 Å². The summed E-state index contributed by atoms with van der Waals surface area (Å²) in [7, 11) is 1.38. The predicted octanol–water partition coefficient (Wildman–Crippen LogP) is 1.05. The Morgan fingerprint density at radius 3 is 3.08 bits per heavy atom. The van der Waals surface area contributed by atoms with Crippen molar-refractivity contribution in [3.63, 3.8) is 0 Å². The van der Waals surface area contributed by atoms with Gasteiger partial charge >= 0.3 is 0 Å². The molecule has 0 spiro atoms. The minimum atomic E-state index is -0.750. The summed E-state index contributed by atoms with van der Waals surface area (Å²) in [5.41, 5.74) is -0.0284. The van der Waals surface area contributed by atoms with Gasteiger partial charge in [0.05, 0.1) is 5.56 Å². The van der Waals surface area contributed by atoms with E-state index in [-0.39, 0.29) is 12.2 Å². The molecule has 64 valence electrons. The number of carbonyl (C=O) groups is 1. The van der Waals surface area contributed by atoms with Gasteiger partial charge in [0.1, 0.15) is 6.61 Å². The van der Waals surface area contributed by atoms with E-state index in [0.29, 0.717) is 0 Å². The number of ether oxygens (including phenoxy) is 1. The molecule has 0 aliphatic carbocycles. The number of ketones is 1. The van der Waals surface area contributed by atoms with Crippen LogP contribution in [-0.4, -0.2) is 24.5 Å². The molecule has 4 heteroatoms. The van der Waals surface area contributed by atoms with E-state index in [1.54, 1.807) is 0 Å². The standard InChI is InChI=1S/C8H8FNO2/c1-12-5-7(11)6-3-2-4-10-8(6)9/h2-4H,5H2,1H3. The van der Waals surface area contributed by atoms with Crippen LogP contribution in [0.5, 0.6) is 0 Å². The number of pyridine rings is 1. The fourth-order valence-electron chi connectivity index (χ4n) is 0.803. The highest BCUT2D eigenvalue weighted by atomic mass is 19.1. The van der Waals surface area contributed by atoms with Crippen LogP contribution >= 0.6 is 0 Å². The number of halogens is 1. The van der Waals surface area contributed by atoms with Crippen molar-refractivity contribution < 1.29 is 13.9 Å². The Kier molecular flexibility index (Phi) is 2.88. The van der Waals surface area contributed by atoms with E-state index >= 15 is 0 Å². The molecule has 0 fully saturated rings. The van der Waals surface area contributed by atoms with Gasteiger partial charge in [-0.05, 0) is 12.1 Å². The van der Waals surface area contributed by atoms with E-state index < -0.39 is 11.7 Å². The van der Waals surface area contributed by atoms with E-state index in [0.717, 1.165) is 0 Å². The number of nitrogens with zero attached hydrogens (tertiary/aromatic N) is 1. The zero-order valence-corrected chi connectivity index (χ0v) is 6.58. The topological polar surface area (TPSA) is 39.2 Å². The summed E-state index contributed by atoms with van der Waals surface area (Å²) in [6.07, 6.45) is 1.29. The molecule has 0 unspecified atom stereocenters. The fourth-order valence-corrected chi connectivity index (χ4v) is 0.803. The highest BCUT2D eigenvalue weighted by molar-refractivity contribution is 5.96. The Balaban J connectivity index is 2.87. The van der Waals surface area contributed by atoms with Crippen molar-refractivity contribution in [3.05, 3.63) is 29.8 Å². The van der Waals surface area contributed by atoms with E-state index in [2.05, 4.69) is 9.72 Å². The lowest BCUT2D eigenvalue weighted by Gasteiger charge is -1.98. The second-order valence-electron chi connectivity index (χ2n) is 2.20. The van der Waals surface area contributed by atoms with Crippen LogP contribution in [0.25, 0.3) is 0 Å². The SMILES string of the molecule is COCC(=O)c1cccnc1F. The van der Waals surface area contributed by atoms with Crippen molar-refractivity contribution >= 4 is 5.78 Å². The summed E-state index contributed by atoms with van der Waals surface area (Å²) in [6, 6.07) is 2.88. The maximum atomic E-state index is 12.8. The average molecular weight is 169 g/mol. The maximum Gasteiger partial charge on any atom is 0.223 e. The second-order valence-corrected chi connectivity index (χ2v) is 2.20. The molecule has 0 aliphatic rings. The summed E-state index contributed by atoms with van der Waals surface area (Å²) in [6.45, 7) is -0.122. The van der Waals surface area contributed by atoms with Crippen molar-refractivity contribution in [1.82, 2.24) is 4.98 Å². The number of hydrogen-bond acceptors (Lipinski definition) is 3.